The summed E-state index contributed by atoms with van der Waals surface area (Å²) in [6, 6.07) is 6.19. The lowest BCUT2D eigenvalue weighted by molar-refractivity contribution is -0.132. The number of nitrogens with one attached hydrogen (secondary N) is 2. The Morgan fingerprint density at radius 2 is 1.69 bits per heavy atom. The highest BCUT2D eigenvalue weighted by Crippen LogP contribution is 2.10. The molecule has 0 saturated carbocycles. The maximum Gasteiger partial charge on any atom is 0.317 e. The number of carbonyl (C=O) groups excluding carboxylic acids is 2. The molecule has 7 heteroatoms. The number of hydrogen-bond acceptors (Lipinski definition) is 2. The Hall–Kier alpha value is -1.50. The molecule has 0 aliphatic rings. The van der Waals surface area contributed by atoms with Crippen LogP contribution in [0.15, 0.2) is 28.7 Å². The van der Waals surface area contributed by atoms with Crippen molar-refractivity contribution in [2.45, 2.75) is 6.43 Å². The second-order valence-electron chi connectivity index (χ2n) is 2.75. The van der Waals surface area contributed by atoms with E-state index in [1.807, 2.05) is 5.43 Å². The highest BCUT2D eigenvalue weighted by molar-refractivity contribution is 9.10. The van der Waals surface area contributed by atoms with E-state index in [4.69, 9.17) is 0 Å². The van der Waals surface area contributed by atoms with Gasteiger partial charge in [0.2, 0.25) is 0 Å². The first-order chi connectivity index (χ1) is 7.50. The average molecular weight is 293 g/mol. The van der Waals surface area contributed by atoms with Crippen LogP contribution in [0.2, 0.25) is 0 Å². The molecule has 0 fully saturated rings. The minimum atomic E-state index is -3.16. The van der Waals surface area contributed by atoms with Gasteiger partial charge < -0.3 is 0 Å². The summed E-state index contributed by atoms with van der Waals surface area (Å²) in [6.07, 6.45) is -3.16. The summed E-state index contributed by atoms with van der Waals surface area (Å²) in [5.74, 6) is -2.22. The second-order valence-corrected chi connectivity index (χ2v) is 3.67. The fourth-order valence-electron chi connectivity index (χ4n) is 0.846. The van der Waals surface area contributed by atoms with Crippen LogP contribution in [0.1, 0.15) is 10.4 Å². The van der Waals surface area contributed by atoms with E-state index in [9.17, 15) is 18.4 Å². The van der Waals surface area contributed by atoms with Crippen molar-refractivity contribution < 1.29 is 18.4 Å². The standard InChI is InChI=1S/C9H7BrF2N2O2/c10-6-3-1-5(2-4-6)8(15)13-14-9(16)7(11)12/h1-4,7H,(H,13,15)(H,14,16). The van der Waals surface area contributed by atoms with Gasteiger partial charge in [0.15, 0.2) is 0 Å². The lowest BCUT2D eigenvalue weighted by Gasteiger charge is -2.06. The molecule has 0 radical (unpaired) electrons. The Morgan fingerprint density at radius 1 is 1.12 bits per heavy atom. The van der Waals surface area contributed by atoms with Gasteiger partial charge in [-0.1, -0.05) is 15.9 Å². The Labute approximate surface area is 98.1 Å². The molecule has 16 heavy (non-hydrogen) atoms. The van der Waals surface area contributed by atoms with Crippen LogP contribution >= 0.6 is 15.9 Å². The quantitative estimate of drug-likeness (QED) is 0.811. The molecule has 2 N–H and O–H groups in total. The summed E-state index contributed by atoms with van der Waals surface area (Å²) >= 11 is 3.18. The van der Waals surface area contributed by atoms with E-state index in [1.165, 1.54) is 12.1 Å². The Balaban J connectivity index is 2.53. The maximum absolute atomic E-state index is 11.8. The van der Waals surface area contributed by atoms with Crippen LogP contribution in [0.3, 0.4) is 0 Å². The van der Waals surface area contributed by atoms with Crippen molar-refractivity contribution in [1.82, 2.24) is 10.9 Å². The third-order valence-corrected chi connectivity index (χ3v) is 2.13. The number of rotatable bonds is 2. The van der Waals surface area contributed by atoms with Gasteiger partial charge >= 0.3 is 12.3 Å². The molecular weight excluding hydrogens is 286 g/mol. The van der Waals surface area contributed by atoms with Crippen LogP contribution in [0.4, 0.5) is 8.78 Å². The van der Waals surface area contributed by atoms with E-state index >= 15 is 0 Å². The minimum absolute atomic E-state index is 0.248. The average Bonchev–Trinajstić information content (AvgIpc) is 2.26. The molecule has 1 aromatic rings. The molecule has 0 aliphatic carbocycles. The molecule has 1 aromatic carbocycles. The molecule has 0 unspecified atom stereocenters. The van der Waals surface area contributed by atoms with Gasteiger partial charge in [0.05, 0.1) is 0 Å². The van der Waals surface area contributed by atoms with E-state index in [1.54, 1.807) is 17.6 Å². The summed E-state index contributed by atoms with van der Waals surface area (Å²) in [7, 11) is 0. The number of halogens is 3. The molecule has 1 rings (SSSR count). The first-order valence-electron chi connectivity index (χ1n) is 4.14. The Kier molecular flexibility index (Phi) is 4.36. The highest BCUT2D eigenvalue weighted by atomic mass is 79.9. The van der Waals surface area contributed by atoms with Crippen molar-refractivity contribution in [3.63, 3.8) is 0 Å². The van der Waals surface area contributed by atoms with E-state index in [0.29, 0.717) is 0 Å². The number of amides is 2. The van der Waals surface area contributed by atoms with Gasteiger partial charge in [-0.15, -0.1) is 0 Å². The van der Waals surface area contributed by atoms with Crippen LogP contribution in [0.5, 0.6) is 0 Å². The molecule has 0 bridgehead atoms. The van der Waals surface area contributed by atoms with E-state index in [-0.39, 0.29) is 5.56 Å². The predicted molar refractivity (Wildman–Crippen MR) is 55.8 cm³/mol. The fourth-order valence-corrected chi connectivity index (χ4v) is 1.11. The van der Waals surface area contributed by atoms with Crippen LogP contribution in [0.25, 0.3) is 0 Å². The normalized spacial score (nSPS) is 10.0. The third kappa shape index (κ3) is 3.58. The molecule has 0 aromatic heterocycles. The Morgan fingerprint density at radius 3 is 2.19 bits per heavy atom. The molecule has 0 spiro atoms. The van der Waals surface area contributed by atoms with Crippen molar-refractivity contribution in [2.75, 3.05) is 0 Å². The summed E-state index contributed by atoms with van der Waals surface area (Å²) in [5.41, 5.74) is 3.71. The largest absolute Gasteiger partial charge is 0.317 e. The SMILES string of the molecule is O=C(NNC(=O)C(F)F)c1ccc(Br)cc1. The first-order valence-corrected chi connectivity index (χ1v) is 4.94. The number of benzene rings is 1. The fraction of sp³-hybridized carbons (Fsp3) is 0.111. The van der Waals surface area contributed by atoms with Crippen LogP contribution < -0.4 is 10.9 Å². The van der Waals surface area contributed by atoms with Crippen LogP contribution in [0, 0.1) is 0 Å². The maximum atomic E-state index is 11.8. The van der Waals surface area contributed by atoms with Crippen molar-refractivity contribution in [2.24, 2.45) is 0 Å². The zero-order valence-electron chi connectivity index (χ0n) is 7.84. The lowest BCUT2D eigenvalue weighted by Crippen LogP contribution is -2.44. The topological polar surface area (TPSA) is 58.2 Å². The summed E-state index contributed by atoms with van der Waals surface area (Å²) in [6.45, 7) is 0. The highest BCUT2D eigenvalue weighted by Gasteiger charge is 2.15. The summed E-state index contributed by atoms with van der Waals surface area (Å²) < 4.78 is 24.3. The van der Waals surface area contributed by atoms with Gasteiger partial charge in [-0.3, -0.25) is 20.4 Å². The van der Waals surface area contributed by atoms with Crippen molar-refractivity contribution in [3.8, 4) is 0 Å². The molecule has 2 amide bonds. The smallest absolute Gasteiger partial charge is 0.267 e. The van der Waals surface area contributed by atoms with Crippen LogP contribution in [-0.2, 0) is 4.79 Å². The van der Waals surface area contributed by atoms with Crippen molar-refractivity contribution in [1.29, 1.82) is 0 Å². The van der Waals surface area contributed by atoms with Gasteiger partial charge in [-0.2, -0.15) is 8.78 Å². The number of alkyl halides is 2. The van der Waals surface area contributed by atoms with Gasteiger partial charge in [0.1, 0.15) is 0 Å². The second kappa shape index (κ2) is 5.55. The van der Waals surface area contributed by atoms with Gasteiger partial charge in [-0.25, -0.2) is 0 Å². The van der Waals surface area contributed by atoms with Gasteiger partial charge in [-0.05, 0) is 24.3 Å². The summed E-state index contributed by atoms with van der Waals surface area (Å²) in [5, 5.41) is 0. The molecule has 0 heterocycles. The molecule has 0 atom stereocenters. The number of hydrazine groups is 1. The molecule has 86 valence electrons. The van der Waals surface area contributed by atoms with E-state index in [2.05, 4.69) is 15.9 Å². The molecule has 0 aliphatic heterocycles. The third-order valence-electron chi connectivity index (χ3n) is 1.60. The number of hydrogen-bond donors (Lipinski definition) is 2. The first kappa shape index (κ1) is 12.6. The monoisotopic (exact) mass is 292 g/mol. The van der Waals surface area contributed by atoms with Crippen LogP contribution in [-0.4, -0.2) is 18.2 Å². The van der Waals surface area contributed by atoms with Crippen molar-refractivity contribution in [3.05, 3.63) is 34.3 Å². The zero-order chi connectivity index (χ0) is 12.1. The molecule has 4 nitrogen and oxygen atoms in total. The lowest BCUT2D eigenvalue weighted by atomic mass is 10.2. The number of carbonyl (C=O) groups is 2. The Bertz CT molecular complexity index is 395. The summed E-state index contributed by atoms with van der Waals surface area (Å²) in [4.78, 5) is 21.7. The molecule has 0 saturated heterocycles. The minimum Gasteiger partial charge on any atom is -0.267 e. The predicted octanol–water partition coefficient (Wildman–Crippen LogP) is 1.48. The van der Waals surface area contributed by atoms with E-state index in [0.717, 1.165) is 4.47 Å². The van der Waals surface area contributed by atoms with Crippen molar-refractivity contribution >= 4 is 27.7 Å². The van der Waals surface area contributed by atoms with E-state index < -0.39 is 18.2 Å². The van der Waals surface area contributed by atoms with Gasteiger partial charge in [0.25, 0.3) is 5.91 Å². The molecular formula is C9H7BrF2N2O2. The zero-order valence-corrected chi connectivity index (χ0v) is 9.42. The van der Waals surface area contributed by atoms with Gasteiger partial charge in [0, 0.05) is 10.0 Å².